The molecule has 2 fully saturated rings. The zero-order valence-electron chi connectivity index (χ0n) is 16.7. The van der Waals surface area contributed by atoms with Crippen LogP contribution in [0.4, 0.5) is 5.82 Å². The Labute approximate surface area is 171 Å². The molecule has 1 atom stereocenters. The molecule has 5 rings (SSSR count). The predicted molar refractivity (Wildman–Crippen MR) is 115 cm³/mol. The maximum absolute atomic E-state index is 9.12. The minimum atomic E-state index is 0.405. The van der Waals surface area contributed by atoms with E-state index in [4.69, 9.17) is 10.4 Å². The Morgan fingerprint density at radius 1 is 1.07 bits per heavy atom. The molecule has 5 heteroatoms. The highest BCUT2D eigenvalue weighted by atomic mass is 15.4. The molecule has 3 aromatic rings. The van der Waals surface area contributed by atoms with Gasteiger partial charge in [0, 0.05) is 36.7 Å². The molecule has 2 aliphatic rings. The molecule has 5 nitrogen and oxygen atoms in total. The first-order valence-electron chi connectivity index (χ1n) is 10.3. The van der Waals surface area contributed by atoms with Crippen LogP contribution in [0.1, 0.15) is 24.0 Å². The predicted octanol–water partition coefficient (Wildman–Crippen LogP) is 3.91. The number of rotatable bonds is 3. The number of anilines is 1. The van der Waals surface area contributed by atoms with Gasteiger partial charge in [0.05, 0.1) is 23.0 Å². The quantitative estimate of drug-likeness (QED) is 0.745. The molecule has 1 spiro atoms. The van der Waals surface area contributed by atoms with Crippen LogP contribution in [0.3, 0.4) is 0 Å². The van der Waals surface area contributed by atoms with Gasteiger partial charge in [-0.3, -0.25) is 0 Å². The van der Waals surface area contributed by atoms with Crippen LogP contribution in [0.25, 0.3) is 16.9 Å². The third kappa shape index (κ3) is 3.30. The van der Waals surface area contributed by atoms with E-state index in [1.54, 1.807) is 0 Å². The molecule has 29 heavy (non-hydrogen) atoms. The van der Waals surface area contributed by atoms with Crippen molar-refractivity contribution in [3.63, 3.8) is 0 Å². The van der Waals surface area contributed by atoms with Gasteiger partial charge in [-0.2, -0.15) is 5.26 Å². The van der Waals surface area contributed by atoms with Crippen molar-refractivity contribution in [1.29, 1.82) is 5.26 Å². The van der Waals surface area contributed by atoms with Crippen molar-refractivity contribution in [3.05, 3.63) is 65.7 Å². The Bertz CT molecular complexity index is 1050. The molecule has 1 unspecified atom stereocenters. The third-order valence-corrected chi connectivity index (χ3v) is 6.38. The fraction of sp³-hybridized carbons (Fsp3) is 0.333. The summed E-state index contributed by atoms with van der Waals surface area (Å²) in [5.74, 6) is 1.04. The lowest BCUT2D eigenvalue weighted by atomic mass is 9.87. The summed E-state index contributed by atoms with van der Waals surface area (Å²) >= 11 is 0. The summed E-state index contributed by atoms with van der Waals surface area (Å²) in [6, 6.07) is 20.6. The maximum atomic E-state index is 9.12. The molecule has 0 saturated carbocycles. The molecule has 0 amide bonds. The maximum Gasteiger partial charge on any atom is 0.151 e. The summed E-state index contributed by atoms with van der Waals surface area (Å²) in [6.07, 6.45) is 2.48. The first-order valence-corrected chi connectivity index (χ1v) is 10.3. The zero-order valence-corrected chi connectivity index (χ0v) is 16.7. The summed E-state index contributed by atoms with van der Waals surface area (Å²) in [5.41, 5.74) is 5.51. The fourth-order valence-corrected chi connectivity index (χ4v) is 4.60. The highest BCUT2D eigenvalue weighted by molar-refractivity contribution is 5.67. The number of hydrogen-bond donors (Lipinski definition) is 1. The van der Waals surface area contributed by atoms with Crippen LogP contribution in [0.5, 0.6) is 0 Å². The molecule has 0 bridgehead atoms. The number of benzene rings is 2. The van der Waals surface area contributed by atoms with Gasteiger partial charge in [0.1, 0.15) is 0 Å². The summed E-state index contributed by atoms with van der Waals surface area (Å²) in [4.78, 5) is 2.44. The molecule has 0 radical (unpaired) electrons. The van der Waals surface area contributed by atoms with Crippen LogP contribution < -0.4 is 10.2 Å². The van der Waals surface area contributed by atoms with E-state index >= 15 is 0 Å². The summed E-state index contributed by atoms with van der Waals surface area (Å²) in [7, 11) is 0. The van der Waals surface area contributed by atoms with Gasteiger partial charge in [0.25, 0.3) is 0 Å². The van der Waals surface area contributed by atoms with E-state index in [1.807, 2.05) is 28.9 Å². The number of aromatic nitrogens is 2. The Hall–Kier alpha value is -3.10. The van der Waals surface area contributed by atoms with Crippen molar-refractivity contribution in [3.8, 4) is 23.0 Å². The number of aryl methyl sites for hydroxylation is 1. The van der Waals surface area contributed by atoms with Crippen molar-refractivity contribution >= 4 is 5.82 Å². The van der Waals surface area contributed by atoms with Gasteiger partial charge in [-0.25, -0.2) is 4.68 Å². The highest BCUT2D eigenvalue weighted by Crippen LogP contribution is 2.39. The summed E-state index contributed by atoms with van der Waals surface area (Å²) < 4.78 is 2.01. The SMILES string of the molecule is Cc1ccc(-c2cc(N3CCC4(CCNC4)C3)nn2-c2ccc(C#N)cc2)cc1. The first kappa shape index (κ1) is 18.0. The fourth-order valence-electron chi connectivity index (χ4n) is 4.60. The Morgan fingerprint density at radius 3 is 2.55 bits per heavy atom. The van der Waals surface area contributed by atoms with E-state index in [0.29, 0.717) is 11.0 Å². The number of nitrogens with one attached hydrogen (secondary N) is 1. The normalized spacial score (nSPS) is 21.0. The molecule has 2 saturated heterocycles. The van der Waals surface area contributed by atoms with Crippen molar-refractivity contribution in [2.75, 3.05) is 31.1 Å². The van der Waals surface area contributed by atoms with Gasteiger partial charge in [0.15, 0.2) is 5.82 Å². The molecule has 1 aromatic heterocycles. The van der Waals surface area contributed by atoms with Gasteiger partial charge in [-0.15, -0.1) is 5.10 Å². The molecule has 2 aromatic carbocycles. The second-order valence-corrected chi connectivity index (χ2v) is 8.42. The second-order valence-electron chi connectivity index (χ2n) is 8.42. The van der Waals surface area contributed by atoms with Gasteiger partial charge >= 0.3 is 0 Å². The van der Waals surface area contributed by atoms with Gasteiger partial charge < -0.3 is 10.2 Å². The minimum absolute atomic E-state index is 0.405. The van der Waals surface area contributed by atoms with E-state index in [1.165, 1.54) is 18.4 Å². The second kappa shape index (κ2) is 7.06. The van der Waals surface area contributed by atoms with Gasteiger partial charge in [-0.1, -0.05) is 29.8 Å². The lowest BCUT2D eigenvalue weighted by Crippen LogP contribution is -2.29. The van der Waals surface area contributed by atoms with Crippen molar-refractivity contribution in [2.24, 2.45) is 5.41 Å². The monoisotopic (exact) mass is 383 g/mol. The number of nitriles is 1. The standard InChI is InChI=1S/C24H25N5/c1-18-2-6-20(7-3-18)22-14-23(28-13-11-24(17-28)10-12-26-16-24)27-29(22)21-8-4-19(15-25)5-9-21/h2-9,14,26H,10-13,16-17H2,1H3. The molecule has 3 heterocycles. The van der Waals surface area contributed by atoms with Crippen LogP contribution >= 0.6 is 0 Å². The van der Waals surface area contributed by atoms with E-state index in [2.05, 4.69) is 53.5 Å². The number of hydrogen-bond acceptors (Lipinski definition) is 4. The van der Waals surface area contributed by atoms with Crippen LogP contribution in [-0.4, -0.2) is 36.0 Å². The van der Waals surface area contributed by atoms with E-state index in [9.17, 15) is 0 Å². The van der Waals surface area contributed by atoms with Crippen molar-refractivity contribution in [2.45, 2.75) is 19.8 Å². The molecule has 2 aliphatic heterocycles. The molecule has 1 N–H and O–H groups in total. The molecular formula is C24H25N5. The average molecular weight is 383 g/mol. The van der Waals surface area contributed by atoms with Gasteiger partial charge in [-0.05, 0) is 50.6 Å². The highest BCUT2D eigenvalue weighted by Gasteiger charge is 2.41. The van der Waals surface area contributed by atoms with E-state index < -0.39 is 0 Å². The topological polar surface area (TPSA) is 56.9 Å². The largest absolute Gasteiger partial charge is 0.354 e. The smallest absolute Gasteiger partial charge is 0.151 e. The van der Waals surface area contributed by atoms with E-state index in [-0.39, 0.29) is 0 Å². The molecular weight excluding hydrogens is 358 g/mol. The van der Waals surface area contributed by atoms with Crippen molar-refractivity contribution in [1.82, 2.24) is 15.1 Å². The minimum Gasteiger partial charge on any atom is -0.354 e. The molecule has 0 aliphatic carbocycles. The van der Waals surface area contributed by atoms with Crippen LogP contribution in [-0.2, 0) is 0 Å². The third-order valence-electron chi connectivity index (χ3n) is 6.38. The van der Waals surface area contributed by atoms with E-state index in [0.717, 1.165) is 48.9 Å². The lowest BCUT2D eigenvalue weighted by Gasteiger charge is -2.22. The lowest BCUT2D eigenvalue weighted by molar-refractivity contribution is 0.369. The Morgan fingerprint density at radius 2 is 1.86 bits per heavy atom. The first-order chi connectivity index (χ1) is 14.2. The summed E-state index contributed by atoms with van der Waals surface area (Å²) in [6.45, 7) is 6.47. The van der Waals surface area contributed by atoms with Crippen LogP contribution in [0.2, 0.25) is 0 Å². The Balaban J connectivity index is 1.55. The van der Waals surface area contributed by atoms with Crippen LogP contribution in [0.15, 0.2) is 54.6 Å². The molecule has 146 valence electrons. The zero-order chi connectivity index (χ0) is 19.8. The summed E-state index contributed by atoms with van der Waals surface area (Å²) in [5, 5.41) is 17.7. The Kier molecular flexibility index (Phi) is 4.37. The van der Waals surface area contributed by atoms with Gasteiger partial charge in [0.2, 0.25) is 0 Å². The van der Waals surface area contributed by atoms with Crippen LogP contribution in [0, 0.1) is 23.7 Å². The number of nitrogens with zero attached hydrogens (tertiary/aromatic N) is 4. The van der Waals surface area contributed by atoms with Crippen molar-refractivity contribution < 1.29 is 0 Å². The average Bonchev–Trinajstić information content (AvgIpc) is 3.49.